The van der Waals surface area contributed by atoms with Gasteiger partial charge in [0.2, 0.25) is 0 Å². The Balaban J connectivity index is 2.14. The Morgan fingerprint density at radius 2 is 1.96 bits per heavy atom. The Bertz CT molecular complexity index is 728. The van der Waals surface area contributed by atoms with E-state index < -0.39 is 30.5 Å². The number of amides is 1. The van der Waals surface area contributed by atoms with Crippen molar-refractivity contribution in [2.24, 2.45) is 0 Å². The molecule has 0 radical (unpaired) electrons. The van der Waals surface area contributed by atoms with Gasteiger partial charge < -0.3 is 14.9 Å². The third-order valence-electron chi connectivity index (χ3n) is 3.11. The molecule has 24 heavy (non-hydrogen) atoms. The van der Waals surface area contributed by atoms with Gasteiger partial charge in [-0.25, -0.2) is 9.59 Å². The molecule has 2 N–H and O–H groups in total. The van der Waals surface area contributed by atoms with Gasteiger partial charge in [0.15, 0.2) is 6.61 Å². The second kappa shape index (κ2) is 7.45. The maximum Gasteiger partial charge on any atom is 0.341 e. The lowest BCUT2D eigenvalue weighted by Gasteiger charge is -2.18. The Labute approximate surface area is 146 Å². The van der Waals surface area contributed by atoms with Crippen molar-refractivity contribution < 1.29 is 29.3 Å². The van der Waals surface area contributed by atoms with Gasteiger partial charge in [-0.3, -0.25) is 9.69 Å². The van der Waals surface area contributed by atoms with Crippen LogP contribution in [0, 0.1) is 0 Å². The number of thioether (sulfide) groups is 1. The Morgan fingerprint density at radius 1 is 1.33 bits per heavy atom. The van der Waals surface area contributed by atoms with Crippen molar-refractivity contribution in [3.8, 4) is 5.75 Å². The highest BCUT2D eigenvalue weighted by Crippen LogP contribution is 2.34. The van der Waals surface area contributed by atoms with Crippen LogP contribution < -0.4 is 4.74 Å². The third-order valence-corrected chi connectivity index (χ3v) is 4.44. The number of carbonyl (C=O) groups excluding carboxylic acids is 1. The number of thiocarbonyl (C=S) groups is 1. The van der Waals surface area contributed by atoms with E-state index in [9.17, 15) is 14.4 Å². The minimum Gasteiger partial charge on any atom is -0.482 e. The normalized spacial score (nSPS) is 17.2. The average molecular weight is 367 g/mol. The van der Waals surface area contributed by atoms with Crippen molar-refractivity contribution >= 4 is 52.2 Å². The molecule has 0 aromatic heterocycles. The van der Waals surface area contributed by atoms with Gasteiger partial charge in [0.1, 0.15) is 16.1 Å². The van der Waals surface area contributed by atoms with Crippen LogP contribution in [0.5, 0.6) is 5.75 Å². The van der Waals surface area contributed by atoms with E-state index in [1.165, 1.54) is 6.92 Å². The molecule has 1 heterocycles. The summed E-state index contributed by atoms with van der Waals surface area (Å²) < 4.78 is 5.22. The van der Waals surface area contributed by atoms with Crippen LogP contribution in [0.15, 0.2) is 29.2 Å². The van der Waals surface area contributed by atoms with Crippen LogP contribution in [0.1, 0.15) is 12.5 Å². The van der Waals surface area contributed by atoms with Crippen LogP contribution in [-0.4, -0.2) is 49.9 Å². The van der Waals surface area contributed by atoms with E-state index >= 15 is 0 Å². The first-order chi connectivity index (χ1) is 11.3. The zero-order valence-corrected chi connectivity index (χ0v) is 14.1. The highest BCUT2D eigenvalue weighted by molar-refractivity contribution is 8.26. The van der Waals surface area contributed by atoms with Gasteiger partial charge in [-0.05, 0) is 30.7 Å². The van der Waals surface area contributed by atoms with Crippen LogP contribution in [0.2, 0.25) is 0 Å². The molecule has 1 saturated heterocycles. The number of carbonyl (C=O) groups is 3. The van der Waals surface area contributed by atoms with Crippen LogP contribution in [0.25, 0.3) is 6.08 Å². The van der Waals surface area contributed by atoms with Gasteiger partial charge in [-0.15, -0.1) is 0 Å². The molecule has 1 aliphatic heterocycles. The monoisotopic (exact) mass is 367 g/mol. The minimum atomic E-state index is -1.13. The number of aliphatic carboxylic acids is 2. The first-order valence-electron chi connectivity index (χ1n) is 6.74. The van der Waals surface area contributed by atoms with Crippen molar-refractivity contribution in [1.82, 2.24) is 4.90 Å². The number of ether oxygens (including phenoxy) is 1. The summed E-state index contributed by atoms with van der Waals surface area (Å²) in [6.45, 7) is 0.954. The molecule has 9 heteroatoms. The molecule has 1 unspecified atom stereocenters. The van der Waals surface area contributed by atoms with Gasteiger partial charge in [-0.1, -0.05) is 36.1 Å². The molecule has 1 amide bonds. The minimum absolute atomic E-state index is 0.197. The molecule has 1 aromatic carbocycles. The van der Waals surface area contributed by atoms with E-state index in [2.05, 4.69) is 0 Å². The van der Waals surface area contributed by atoms with E-state index in [1.54, 1.807) is 30.3 Å². The second-order valence-electron chi connectivity index (χ2n) is 4.82. The van der Waals surface area contributed by atoms with Gasteiger partial charge in [0.05, 0.1) is 4.91 Å². The maximum atomic E-state index is 12.3. The van der Waals surface area contributed by atoms with Crippen molar-refractivity contribution in [2.45, 2.75) is 13.0 Å². The number of carboxylic acid groups (broad SMARTS) is 2. The van der Waals surface area contributed by atoms with Crippen LogP contribution >= 0.6 is 24.0 Å². The summed E-state index contributed by atoms with van der Waals surface area (Å²) in [4.78, 5) is 35.2. The fourth-order valence-electron chi connectivity index (χ4n) is 1.88. The average Bonchev–Trinajstić information content (AvgIpc) is 2.80. The fraction of sp³-hybridized carbons (Fsp3) is 0.200. The molecule has 1 atom stereocenters. The molecular formula is C15H13NO6S2. The maximum absolute atomic E-state index is 12.3. The molecule has 0 aliphatic carbocycles. The van der Waals surface area contributed by atoms with Crippen molar-refractivity contribution in [3.05, 3.63) is 34.7 Å². The lowest BCUT2D eigenvalue weighted by molar-refractivity contribution is -0.144. The Hall–Kier alpha value is -2.39. The molecular weight excluding hydrogens is 354 g/mol. The van der Waals surface area contributed by atoms with Gasteiger partial charge >= 0.3 is 11.9 Å². The van der Waals surface area contributed by atoms with Crippen LogP contribution in [-0.2, 0) is 14.4 Å². The SMILES string of the molecule is CC(C(=O)O)N1C(=O)/C(=C/c2ccc(OCC(=O)O)cc2)SC1=S. The quantitative estimate of drug-likeness (QED) is 0.580. The van der Waals surface area contributed by atoms with Gasteiger partial charge in [0, 0.05) is 0 Å². The Morgan fingerprint density at radius 3 is 2.50 bits per heavy atom. The summed E-state index contributed by atoms with van der Waals surface area (Å²) >= 11 is 6.11. The summed E-state index contributed by atoms with van der Waals surface area (Å²) in [7, 11) is 0. The third kappa shape index (κ3) is 4.12. The van der Waals surface area contributed by atoms with Crippen molar-refractivity contribution in [1.29, 1.82) is 0 Å². The Kier molecular flexibility index (Phi) is 5.58. The van der Waals surface area contributed by atoms with Crippen LogP contribution in [0.3, 0.4) is 0 Å². The molecule has 1 aliphatic rings. The summed E-state index contributed by atoms with van der Waals surface area (Å²) in [6.07, 6.45) is 1.59. The summed E-state index contributed by atoms with van der Waals surface area (Å²) in [6, 6.07) is 5.44. The lowest BCUT2D eigenvalue weighted by atomic mass is 10.2. The lowest BCUT2D eigenvalue weighted by Crippen LogP contribution is -2.41. The van der Waals surface area contributed by atoms with Crippen LogP contribution in [0.4, 0.5) is 0 Å². The highest BCUT2D eigenvalue weighted by atomic mass is 32.2. The summed E-state index contributed by atoms with van der Waals surface area (Å²) in [5.74, 6) is -2.27. The molecule has 1 aromatic rings. The van der Waals surface area contributed by atoms with E-state index in [1.807, 2.05) is 0 Å². The first kappa shape index (κ1) is 18.0. The first-order valence-corrected chi connectivity index (χ1v) is 7.96. The number of carboxylic acids is 2. The van der Waals surface area contributed by atoms with Crippen molar-refractivity contribution in [3.63, 3.8) is 0 Å². The largest absolute Gasteiger partial charge is 0.482 e. The number of rotatable bonds is 6. The zero-order valence-electron chi connectivity index (χ0n) is 12.5. The summed E-state index contributed by atoms with van der Waals surface area (Å²) in [5.41, 5.74) is 0.682. The topological polar surface area (TPSA) is 104 Å². The number of benzene rings is 1. The molecule has 0 spiro atoms. The molecule has 0 bridgehead atoms. The van der Waals surface area contributed by atoms with Gasteiger partial charge in [-0.2, -0.15) is 0 Å². The molecule has 0 saturated carbocycles. The number of nitrogens with zero attached hydrogens (tertiary/aromatic N) is 1. The predicted octanol–water partition coefficient (Wildman–Crippen LogP) is 1.82. The van der Waals surface area contributed by atoms with E-state index in [4.69, 9.17) is 27.2 Å². The van der Waals surface area contributed by atoms with E-state index in [0.717, 1.165) is 16.7 Å². The molecule has 1 fully saturated rings. The number of hydrogen-bond acceptors (Lipinski definition) is 6. The van der Waals surface area contributed by atoms with E-state index in [0.29, 0.717) is 16.2 Å². The molecule has 2 rings (SSSR count). The fourth-order valence-corrected chi connectivity index (χ4v) is 3.30. The molecule has 126 valence electrons. The second-order valence-corrected chi connectivity index (χ2v) is 6.49. The van der Waals surface area contributed by atoms with E-state index in [-0.39, 0.29) is 4.32 Å². The highest BCUT2D eigenvalue weighted by Gasteiger charge is 2.38. The number of hydrogen-bond donors (Lipinski definition) is 2. The standard InChI is InChI=1S/C15H13NO6S2/c1-8(14(20)21)16-13(19)11(24-15(16)23)6-9-2-4-10(5-3-9)22-7-12(17)18/h2-6,8H,7H2,1H3,(H,17,18)(H,20,21)/b11-6-. The van der Waals surface area contributed by atoms with Crippen molar-refractivity contribution in [2.75, 3.05) is 6.61 Å². The molecule has 7 nitrogen and oxygen atoms in total. The van der Waals surface area contributed by atoms with Gasteiger partial charge in [0.25, 0.3) is 5.91 Å². The smallest absolute Gasteiger partial charge is 0.341 e. The zero-order chi connectivity index (χ0) is 17.9. The predicted molar refractivity (Wildman–Crippen MR) is 91.7 cm³/mol. The summed E-state index contributed by atoms with van der Waals surface area (Å²) in [5, 5.41) is 17.6.